The highest BCUT2D eigenvalue weighted by atomic mass is 35.5. The summed E-state index contributed by atoms with van der Waals surface area (Å²) >= 11 is 7.77. The third-order valence-corrected chi connectivity index (χ3v) is 4.54. The Morgan fingerprint density at radius 2 is 2.25 bits per heavy atom. The minimum absolute atomic E-state index is 0.455. The predicted octanol–water partition coefficient (Wildman–Crippen LogP) is 2.23. The van der Waals surface area contributed by atoms with Gasteiger partial charge in [0.15, 0.2) is 0 Å². The summed E-state index contributed by atoms with van der Waals surface area (Å²) in [4.78, 5) is 1.45. The van der Waals surface area contributed by atoms with Gasteiger partial charge in [-0.2, -0.15) is 0 Å². The van der Waals surface area contributed by atoms with Gasteiger partial charge in [-0.15, -0.1) is 11.3 Å². The Morgan fingerprint density at radius 1 is 1.44 bits per heavy atom. The Hall–Kier alpha value is -0.130. The number of hydrazine groups is 1. The molecule has 88 valence electrons. The quantitative estimate of drug-likeness (QED) is 0.881. The Bertz CT molecular complexity index is 376. The first-order valence-corrected chi connectivity index (χ1v) is 6.89. The molecular weight excluding hydrogens is 244 g/mol. The van der Waals surface area contributed by atoms with Gasteiger partial charge in [-0.3, -0.25) is 0 Å². The molecule has 1 atom stereocenters. The van der Waals surface area contributed by atoms with Gasteiger partial charge in [0.25, 0.3) is 0 Å². The number of nitrogens with zero attached hydrogens (tertiary/aromatic N) is 1. The lowest BCUT2D eigenvalue weighted by Gasteiger charge is -2.30. The number of aryl methyl sites for hydroxylation is 1. The van der Waals surface area contributed by atoms with Gasteiger partial charge in [0.05, 0.1) is 17.6 Å². The standard InChI is InChI=1S/C11H15ClN2OS/c12-11-7-8-9(1-2-10(8)16-11)13-14-3-5-15-6-4-14/h7,9,13H,1-6H2. The van der Waals surface area contributed by atoms with E-state index in [2.05, 4.69) is 16.5 Å². The molecule has 1 saturated heterocycles. The molecule has 2 aliphatic rings. The molecular formula is C11H15ClN2OS. The average Bonchev–Trinajstić information content (AvgIpc) is 2.81. The Balaban J connectivity index is 1.67. The summed E-state index contributed by atoms with van der Waals surface area (Å²) in [6.45, 7) is 3.61. The molecule has 1 aromatic heterocycles. The first-order chi connectivity index (χ1) is 7.83. The zero-order chi connectivity index (χ0) is 11.0. The van der Waals surface area contributed by atoms with Crippen LogP contribution in [-0.4, -0.2) is 31.3 Å². The monoisotopic (exact) mass is 258 g/mol. The van der Waals surface area contributed by atoms with Crippen molar-refractivity contribution < 1.29 is 4.74 Å². The van der Waals surface area contributed by atoms with Gasteiger partial charge in [-0.05, 0) is 24.5 Å². The zero-order valence-corrected chi connectivity index (χ0v) is 10.6. The molecule has 0 amide bonds. The van der Waals surface area contributed by atoms with Crippen LogP contribution in [0.25, 0.3) is 0 Å². The van der Waals surface area contributed by atoms with Crippen molar-refractivity contribution in [3.05, 3.63) is 20.8 Å². The summed E-state index contributed by atoms with van der Waals surface area (Å²) in [5.74, 6) is 0. The van der Waals surface area contributed by atoms with E-state index in [9.17, 15) is 0 Å². The third-order valence-electron chi connectivity index (χ3n) is 3.20. The van der Waals surface area contributed by atoms with Gasteiger partial charge in [-0.1, -0.05) is 11.6 Å². The minimum atomic E-state index is 0.455. The van der Waals surface area contributed by atoms with Gasteiger partial charge in [0.2, 0.25) is 0 Å². The van der Waals surface area contributed by atoms with E-state index in [-0.39, 0.29) is 0 Å². The molecule has 1 aliphatic carbocycles. The van der Waals surface area contributed by atoms with Crippen LogP contribution in [0.15, 0.2) is 6.07 Å². The average molecular weight is 259 g/mol. The fraction of sp³-hybridized carbons (Fsp3) is 0.636. The van der Waals surface area contributed by atoms with E-state index >= 15 is 0 Å². The van der Waals surface area contributed by atoms with E-state index in [0.717, 1.165) is 37.1 Å². The molecule has 1 unspecified atom stereocenters. The molecule has 1 N–H and O–H groups in total. The second-order valence-electron chi connectivity index (χ2n) is 4.25. The molecule has 0 saturated carbocycles. The topological polar surface area (TPSA) is 24.5 Å². The number of fused-ring (bicyclic) bond motifs is 1. The van der Waals surface area contributed by atoms with Crippen molar-refractivity contribution in [3.63, 3.8) is 0 Å². The van der Waals surface area contributed by atoms with Crippen LogP contribution < -0.4 is 5.43 Å². The number of morpholine rings is 1. The zero-order valence-electron chi connectivity index (χ0n) is 9.04. The van der Waals surface area contributed by atoms with Crippen molar-refractivity contribution in [3.8, 4) is 0 Å². The van der Waals surface area contributed by atoms with Crippen LogP contribution in [0.4, 0.5) is 0 Å². The number of hydrogen-bond donors (Lipinski definition) is 1. The molecule has 0 spiro atoms. The molecule has 0 aromatic carbocycles. The van der Waals surface area contributed by atoms with Gasteiger partial charge in [-0.25, -0.2) is 10.4 Å². The number of rotatable bonds is 2. The van der Waals surface area contributed by atoms with Crippen molar-refractivity contribution in [1.29, 1.82) is 0 Å². The lowest BCUT2D eigenvalue weighted by molar-refractivity contribution is 0.00348. The van der Waals surface area contributed by atoms with Crippen molar-refractivity contribution in [1.82, 2.24) is 10.4 Å². The van der Waals surface area contributed by atoms with E-state index in [1.54, 1.807) is 11.3 Å². The van der Waals surface area contributed by atoms with Crippen molar-refractivity contribution >= 4 is 22.9 Å². The maximum absolute atomic E-state index is 6.04. The Kier molecular flexibility index (Phi) is 3.18. The number of hydrogen-bond acceptors (Lipinski definition) is 4. The van der Waals surface area contributed by atoms with E-state index in [1.807, 2.05) is 0 Å². The largest absolute Gasteiger partial charge is 0.379 e. The highest BCUT2D eigenvalue weighted by Crippen LogP contribution is 2.39. The van der Waals surface area contributed by atoms with Crippen LogP contribution in [-0.2, 0) is 11.2 Å². The van der Waals surface area contributed by atoms with Gasteiger partial charge >= 0.3 is 0 Å². The predicted molar refractivity (Wildman–Crippen MR) is 65.9 cm³/mol. The smallest absolute Gasteiger partial charge is 0.0934 e. The van der Waals surface area contributed by atoms with Crippen LogP contribution in [0.5, 0.6) is 0 Å². The number of thiophene rings is 1. The molecule has 3 nitrogen and oxygen atoms in total. The van der Waals surface area contributed by atoms with Crippen molar-refractivity contribution in [2.24, 2.45) is 0 Å². The minimum Gasteiger partial charge on any atom is -0.379 e. The molecule has 1 aromatic rings. The first kappa shape index (κ1) is 11.0. The molecule has 0 bridgehead atoms. The van der Waals surface area contributed by atoms with Crippen molar-refractivity contribution in [2.45, 2.75) is 18.9 Å². The number of ether oxygens (including phenoxy) is 1. The normalized spacial score (nSPS) is 25.9. The molecule has 1 aliphatic heterocycles. The molecule has 2 heterocycles. The maximum Gasteiger partial charge on any atom is 0.0934 e. The summed E-state index contributed by atoms with van der Waals surface area (Å²) in [6.07, 6.45) is 2.35. The highest BCUT2D eigenvalue weighted by Gasteiger charge is 2.26. The molecule has 0 radical (unpaired) electrons. The van der Waals surface area contributed by atoms with E-state index < -0.39 is 0 Å². The van der Waals surface area contributed by atoms with Gasteiger partial charge in [0.1, 0.15) is 0 Å². The van der Waals surface area contributed by atoms with E-state index in [0.29, 0.717) is 6.04 Å². The summed E-state index contributed by atoms with van der Waals surface area (Å²) in [6, 6.07) is 2.57. The Labute approximate surface area is 104 Å². The van der Waals surface area contributed by atoms with Gasteiger partial charge in [0, 0.05) is 24.0 Å². The molecule has 3 rings (SSSR count). The maximum atomic E-state index is 6.04. The first-order valence-electron chi connectivity index (χ1n) is 5.70. The highest BCUT2D eigenvalue weighted by molar-refractivity contribution is 7.16. The van der Waals surface area contributed by atoms with Gasteiger partial charge < -0.3 is 4.74 Å². The number of halogens is 1. The SMILES string of the molecule is Clc1cc2c(s1)CCC2NN1CCOCC1. The summed E-state index contributed by atoms with van der Waals surface area (Å²) in [7, 11) is 0. The second kappa shape index (κ2) is 4.63. The lowest BCUT2D eigenvalue weighted by Crippen LogP contribution is -2.46. The fourth-order valence-electron chi connectivity index (χ4n) is 2.38. The van der Waals surface area contributed by atoms with Crippen LogP contribution in [0.3, 0.4) is 0 Å². The second-order valence-corrected chi connectivity index (χ2v) is 6.02. The summed E-state index contributed by atoms with van der Waals surface area (Å²) in [5, 5.41) is 2.27. The van der Waals surface area contributed by atoms with Crippen LogP contribution >= 0.6 is 22.9 Å². The molecule has 1 fully saturated rings. The number of nitrogens with one attached hydrogen (secondary N) is 1. The fourth-order valence-corrected chi connectivity index (χ4v) is 3.73. The van der Waals surface area contributed by atoms with Crippen molar-refractivity contribution in [2.75, 3.05) is 26.3 Å². The lowest BCUT2D eigenvalue weighted by atomic mass is 10.2. The van der Waals surface area contributed by atoms with Crippen LogP contribution in [0.2, 0.25) is 4.34 Å². The van der Waals surface area contributed by atoms with E-state index in [4.69, 9.17) is 16.3 Å². The van der Waals surface area contributed by atoms with Crippen LogP contribution in [0.1, 0.15) is 22.9 Å². The molecule has 5 heteroatoms. The summed E-state index contributed by atoms with van der Waals surface area (Å²) < 4.78 is 6.25. The van der Waals surface area contributed by atoms with Crippen LogP contribution in [0, 0.1) is 0 Å². The molecule has 16 heavy (non-hydrogen) atoms. The Morgan fingerprint density at radius 3 is 3.06 bits per heavy atom. The summed E-state index contributed by atoms with van der Waals surface area (Å²) in [5.41, 5.74) is 4.99. The third kappa shape index (κ3) is 2.13. The van der Waals surface area contributed by atoms with E-state index in [1.165, 1.54) is 16.9 Å².